The second-order valence-electron chi connectivity index (χ2n) is 8.86. The Balaban J connectivity index is 8.01. The minimum atomic E-state index is -10.4. The Hall–Kier alpha value is -2.42. The van der Waals surface area contributed by atoms with E-state index < -0.39 is 94.8 Å². The first kappa shape index (κ1) is 47.6. The fraction of sp³-hybridized carbons (Fsp3) is 1.00. The molecule has 0 saturated heterocycles. The van der Waals surface area contributed by atoms with Gasteiger partial charge in [0, 0.05) is 4.48 Å². The van der Waals surface area contributed by atoms with Crippen molar-refractivity contribution in [1.29, 1.82) is 0 Å². The molecule has 0 radical (unpaired) electrons. The monoisotopic (exact) mass is 840 g/mol. The van der Waals surface area contributed by atoms with Gasteiger partial charge >= 0.3 is 90.3 Å². The van der Waals surface area contributed by atoms with Crippen LogP contribution in [0.15, 0.2) is 0 Å². The van der Waals surface area contributed by atoms with E-state index in [1.807, 2.05) is 0 Å². The second-order valence-corrected chi connectivity index (χ2v) is 8.86. The maximum atomic E-state index is 13.8. The van der Waals surface area contributed by atoms with Gasteiger partial charge in [-0.15, -0.1) is 48.3 Å². The molecule has 0 unspecified atom stereocenters. The molecule has 50 heavy (non-hydrogen) atoms. The molecule has 0 aromatic carbocycles. The molecule has 0 heterocycles. The molecule has 0 aliphatic rings. The van der Waals surface area contributed by atoms with Crippen molar-refractivity contribution in [3.05, 3.63) is 0 Å². The lowest BCUT2D eigenvalue weighted by Gasteiger charge is -2.48. The van der Waals surface area contributed by atoms with Crippen LogP contribution in [0.1, 0.15) is 0 Å². The molecule has 0 aromatic rings. The average Bonchev–Trinajstić information content (AvgIpc) is 2.78. The Kier molecular flexibility index (Phi) is 10.5. The van der Waals surface area contributed by atoms with Crippen LogP contribution in [0.25, 0.3) is 0 Å². The minimum absolute atomic E-state index is 8.42. The standard InChI is InChI=1S/C15F34N/c16-1(17,3(20,21)5(24,25)7(28,29)9(32,33)11(36,37)38)2(18,19)4(22,23)6(26,27)8(30,31)10(34,35)12(39,40)50(13(41,42)43,14(44,45)46)15(47,48)49/q+1. The highest BCUT2D eigenvalue weighted by molar-refractivity contribution is 5.19. The van der Waals surface area contributed by atoms with Crippen LogP contribution >= 0.6 is 0 Å². The molecule has 302 valence electrons. The zero-order valence-electron chi connectivity index (χ0n) is 20.8. The molecule has 0 amide bonds. The maximum absolute atomic E-state index is 13.8. The van der Waals surface area contributed by atoms with Crippen molar-refractivity contribution >= 4 is 0 Å². The van der Waals surface area contributed by atoms with E-state index in [4.69, 9.17) is 0 Å². The minimum Gasteiger partial charge on any atom is -0.192 e. The maximum Gasteiger partial charge on any atom is 0.581 e. The molecule has 0 aromatic heterocycles. The van der Waals surface area contributed by atoms with Gasteiger partial charge in [-0.3, -0.25) is 0 Å². The van der Waals surface area contributed by atoms with Crippen LogP contribution in [0, 0.1) is 0 Å². The Bertz CT molecular complexity index is 1190. The Labute approximate surface area is 245 Å². The summed E-state index contributed by atoms with van der Waals surface area (Å²) in [4.78, 5) is 0. The van der Waals surface area contributed by atoms with Gasteiger partial charge in [-0.25, -0.2) is 0 Å². The van der Waals surface area contributed by atoms with Gasteiger partial charge in [0.1, 0.15) is 0 Å². The Morgan fingerprint density at radius 2 is 0.320 bits per heavy atom. The second kappa shape index (κ2) is 11.1. The summed E-state index contributed by atoms with van der Waals surface area (Å²) in [7, 11) is 0. The summed E-state index contributed by atoms with van der Waals surface area (Å²) in [6.45, 7) is 0. The smallest absolute Gasteiger partial charge is 0.192 e. The molecular weight excluding hydrogens is 840 g/mol. The highest BCUT2D eigenvalue weighted by atomic mass is 19.5. The zero-order chi connectivity index (χ0) is 42.0. The number of hydrogen-bond acceptors (Lipinski definition) is 0. The van der Waals surface area contributed by atoms with Crippen LogP contribution in [0.3, 0.4) is 0 Å². The zero-order valence-corrected chi connectivity index (χ0v) is 20.8. The number of hydrogen-bond donors (Lipinski definition) is 0. The van der Waals surface area contributed by atoms with Crippen LogP contribution in [0.4, 0.5) is 149 Å². The summed E-state index contributed by atoms with van der Waals surface area (Å²) in [6, 6.07) is -10.4. The number of halogens is 34. The highest BCUT2D eigenvalue weighted by Gasteiger charge is 3.05. The van der Waals surface area contributed by atoms with Gasteiger partial charge in [0.15, 0.2) is 0 Å². The van der Waals surface area contributed by atoms with Gasteiger partial charge in [0.25, 0.3) is 0 Å². The van der Waals surface area contributed by atoms with Crippen molar-refractivity contribution < 1.29 is 154 Å². The Morgan fingerprint density at radius 1 is 0.180 bits per heavy atom. The van der Waals surface area contributed by atoms with Gasteiger partial charge in [-0.05, 0) is 0 Å². The molecule has 0 atom stereocenters. The quantitative estimate of drug-likeness (QED) is 0.110. The van der Waals surface area contributed by atoms with E-state index >= 15 is 0 Å². The van der Waals surface area contributed by atoms with E-state index in [9.17, 15) is 149 Å². The van der Waals surface area contributed by atoms with Crippen LogP contribution < -0.4 is 0 Å². The van der Waals surface area contributed by atoms with Crippen molar-refractivity contribution in [3.8, 4) is 0 Å². The summed E-state index contributed by atoms with van der Waals surface area (Å²) in [5, 5.41) is 0. The highest BCUT2D eigenvalue weighted by Crippen LogP contribution is 2.70. The van der Waals surface area contributed by atoms with Crippen LogP contribution in [-0.2, 0) is 0 Å². The van der Waals surface area contributed by atoms with Gasteiger partial charge in [0.05, 0.1) is 0 Å². The first-order chi connectivity index (χ1) is 20.8. The summed E-state index contributed by atoms with van der Waals surface area (Å²) in [6.07, 6.45) is -36.6. The number of rotatable bonds is 11. The van der Waals surface area contributed by atoms with Crippen LogP contribution in [-0.4, -0.2) is 94.8 Å². The van der Waals surface area contributed by atoms with Crippen LogP contribution in [0.5, 0.6) is 0 Å². The van der Waals surface area contributed by atoms with Gasteiger partial charge in [-0.1, -0.05) is 0 Å². The van der Waals surface area contributed by atoms with E-state index in [-0.39, 0.29) is 0 Å². The predicted octanol–water partition coefficient (Wildman–Crippen LogP) is 10.9. The topological polar surface area (TPSA) is 0 Å². The molecule has 0 bridgehead atoms. The van der Waals surface area contributed by atoms with Crippen molar-refractivity contribution in [2.24, 2.45) is 0 Å². The van der Waals surface area contributed by atoms with E-state index in [1.165, 1.54) is 0 Å². The first-order valence-electron chi connectivity index (χ1n) is 10.1. The van der Waals surface area contributed by atoms with Crippen LogP contribution in [0.2, 0.25) is 0 Å². The summed E-state index contributed by atoms with van der Waals surface area (Å²) >= 11 is 0. The molecule has 0 aliphatic heterocycles. The summed E-state index contributed by atoms with van der Waals surface area (Å²) in [5.41, 5.74) is 0. The molecule has 1 nitrogen and oxygen atoms in total. The van der Waals surface area contributed by atoms with Gasteiger partial charge in [0.2, 0.25) is 0 Å². The number of nitrogens with zero attached hydrogens (tertiary/aromatic N) is 1. The molecule has 0 spiro atoms. The van der Waals surface area contributed by atoms with Gasteiger partial charge in [-0.2, -0.15) is 101 Å². The molecule has 0 aliphatic carbocycles. The molecule has 0 fully saturated rings. The largest absolute Gasteiger partial charge is 0.581 e. The predicted molar refractivity (Wildman–Crippen MR) is 78.9 cm³/mol. The molecule has 0 N–H and O–H groups in total. The molecular formula is C15F34N+. The third-order valence-corrected chi connectivity index (χ3v) is 5.85. The van der Waals surface area contributed by atoms with Crippen molar-refractivity contribution in [2.75, 3.05) is 0 Å². The van der Waals surface area contributed by atoms with Crippen molar-refractivity contribution in [1.82, 2.24) is 0 Å². The SMILES string of the molecule is FC(F)(F)C(F)(F)C(F)(F)C(F)(F)C(F)(F)C(F)(F)C(F)(F)C(F)(F)C(F)(F)C(F)(F)C(F)(F)C(F)(F)[N+](C(F)(F)F)(C(F)(F)F)C(F)(F)F. The van der Waals surface area contributed by atoms with E-state index in [0.717, 1.165) is 0 Å². The lowest BCUT2D eigenvalue weighted by atomic mass is 9.85. The normalized spacial score (nSPS) is 17.4. The van der Waals surface area contributed by atoms with E-state index in [1.54, 1.807) is 0 Å². The Morgan fingerprint density at radius 3 is 0.460 bits per heavy atom. The molecule has 35 heteroatoms. The van der Waals surface area contributed by atoms with Crippen molar-refractivity contribution in [3.63, 3.8) is 0 Å². The molecule has 0 saturated carbocycles. The van der Waals surface area contributed by atoms with Gasteiger partial charge < -0.3 is 0 Å². The fourth-order valence-corrected chi connectivity index (χ4v) is 3.06. The third kappa shape index (κ3) is 5.15. The number of quaternary nitrogens is 1. The lowest BCUT2D eigenvalue weighted by Crippen LogP contribution is -2.86. The molecule has 0 rings (SSSR count). The first-order valence-corrected chi connectivity index (χ1v) is 10.1. The summed E-state index contributed by atoms with van der Waals surface area (Å²) in [5.74, 6) is -100.0. The summed E-state index contributed by atoms with van der Waals surface area (Å²) < 4.78 is 439. The lowest BCUT2D eigenvalue weighted by molar-refractivity contribution is -1.22. The number of alkyl halides is 34. The van der Waals surface area contributed by atoms with Crippen molar-refractivity contribution in [2.45, 2.75) is 90.3 Å². The third-order valence-electron chi connectivity index (χ3n) is 5.85. The fourth-order valence-electron chi connectivity index (χ4n) is 3.06. The van der Waals surface area contributed by atoms with E-state index in [0.29, 0.717) is 0 Å². The average molecular weight is 840 g/mol. The van der Waals surface area contributed by atoms with E-state index in [2.05, 4.69) is 0 Å².